The van der Waals surface area contributed by atoms with Gasteiger partial charge in [0.2, 0.25) is 5.91 Å². The molecular weight excluding hydrogens is 299 g/mol. The molecule has 1 aromatic heterocycles. The van der Waals surface area contributed by atoms with Crippen LogP contribution in [0.4, 0.5) is 4.39 Å². The van der Waals surface area contributed by atoms with Crippen LogP contribution in [0.5, 0.6) is 0 Å². The Morgan fingerprint density at radius 2 is 1.96 bits per heavy atom. The number of aliphatic hydroxyl groups is 1. The topological polar surface area (TPSA) is 71.3 Å². The second kappa shape index (κ2) is 7.69. The van der Waals surface area contributed by atoms with Crippen LogP contribution in [0.3, 0.4) is 0 Å². The zero-order valence-electron chi connectivity index (χ0n) is 12.8. The Morgan fingerprint density at radius 3 is 2.61 bits per heavy atom. The second-order valence-corrected chi connectivity index (χ2v) is 5.44. The van der Waals surface area contributed by atoms with Crippen LogP contribution >= 0.6 is 0 Å². The van der Waals surface area contributed by atoms with Crippen molar-refractivity contribution < 1.29 is 14.3 Å². The van der Waals surface area contributed by atoms with Gasteiger partial charge in [0.05, 0.1) is 6.10 Å². The van der Waals surface area contributed by atoms with Crippen molar-refractivity contribution in [3.8, 4) is 0 Å². The first-order valence-electron chi connectivity index (χ1n) is 7.34. The molecule has 0 bridgehead atoms. The van der Waals surface area contributed by atoms with Crippen molar-refractivity contribution in [1.82, 2.24) is 9.88 Å². The van der Waals surface area contributed by atoms with Crippen LogP contribution in [0, 0.1) is 5.82 Å². The Labute approximate surface area is 133 Å². The number of hydrogen-bond acceptors (Lipinski definition) is 3. The highest BCUT2D eigenvalue weighted by Gasteiger charge is 2.15. The first kappa shape index (κ1) is 16.9. The third-order valence-electron chi connectivity index (χ3n) is 3.45. The molecule has 0 saturated carbocycles. The minimum atomic E-state index is -0.801. The molecule has 122 valence electrons. The molecule has 0 aliphatic heterocycles. The van der Waals surface area contributed by atoms with Crippen LogP contribution in [0.15, 0.2) is 53.5 Å². The molecular formula is C17H19FN2O3. The zero-order valence-corrected chi connectivity index (χ0v) is 12.8. The van der Waals surface area contributed by atoms with Crippen LogP contribution in [-0.4, -0.2) is 21.6 Å². The van der Waals surface area contributed by atoms with Gasteiger partial charge >= 0.3 is 0 Å². The van der Waals surface area contributed by atoms with Crippen molar-refractivity contribution in [1.29, 1.82) is 0 Å². The maximum atomic E-state index is 12.9. The van der Waals surface area contributed by atoms with Crippen LogP contribution in [-0.2, 0) is 11.3 Å². The summed E-state index contributed by atoms with van der Waals surface area (Å²) in [6.45, 7) is 1.69. The number of nitrogens with one attached hydrogen (secondary N) is 1. The number of pyridine rings is 1. The van der Waals surface area contributed by atoms with E-state index >= 15 is 0 Å². The van der Waals surface area contributed by atoms with Crippen molar-refractivity contribution in [2.75, 3.05) is 0 Å². The van der Waals surface area contributed by atoms with E-state index in [2.05, 4.69) is 5.32 Å². The molecule has 0 saturated heterocycles. The highest BCUT2D eigenvalue weighted by molar-refractivity contribution is 5.76. The van der Waals surface area contributed by atoms with E-state index in [0.717, 1.165) is 0 Å². The maximum Gasteiger partial charge on any atom is 0.250 e. The average molecular weight is 318 g/mol. The summed E-state index contributed by atoms with van der Waals surface area (Å²) in [5.74, 6) is -0.673. The lowest BCUT2D eigenvalue weighted by molar-refractivity contribution is -0.122. The molecule has 2 unspecified atom stereocenters. The molecule has 6 heteroatoms. The van der Waals surface area contributed by atoms with Gasteiger partial charge in [-0.15, -0.1) is 0 Å². The summed E-state index contributed by atoms with van der Waals surface area (Å²) in [5.41, 5.74) is 0.341. The van der Waals surface area contributed by atoms with Gasteiger partial charge in [0.15, 0.2) is 0 Å². The summed E-state index contributed by atoms with van der Waals surface area (Å²) in [6, 6.07) is 9.97. The number of carbonyl (C=O) groups is 1. The van der Waals surface area contributed by atoms with Gasteiger partial charge in [-0.3, -0.25) is 9.59 Å². The normalized spacial score (nSPS) is 13.3. The predicted octanol–water partition coefficient (Wildman–Crippen LogP) is 1.62. The summed E-state index contributed by atoms with van der Waals surface area (Å²) < 4.78 is 14.2. The third kappa shape index (κ3) is 5.03. The first-order valence-corrected chi connectivity index (χ1v) is 7.34. The van der Waals surface area contributed by atoms with Crippen molar-refractivity contribution in [3.63, 3.8) is 0 Å². The van der Waals surface area contributed by atoms with Gasteiger partial charge < -0.3 is 15.0 Å². The molecule has 0 spiro atoms. The Morgan fingerprint density at radius 1 is 1.26 bits per heavy atom. The molecule has 1 amide bonds. The first-order chi connectivity index (χ1) is 11.0. The lowest BCUT2D eigenvalue weighted by Gasteiger charge is -2.18. The molecule has 5 nitrogen and oxygen atoms in total. The standard InChI is InChI=1S/C17H19FN2O3/c1-12(10-15(21)13-5-7-14(18)8-6-13)19-16(22)11-20-9-3-2-4-17(20)23/h2-9,12,15,21H,10-11H2,1H3,(H,19,22). The molecule has 0 fully saturated rings. The fraction of sp³-hybridized carbons (Fsp3) is 0.294. The van der Waals surface area contributed by atoms with Crippen molar-refractivity contribution in [2.45, 2.75) is 32.0 Å². The lowest BCUT2D eigenvalue weighted by atomic mass is 10.0. The number of nitrogens with zero attached hydrogens (tertiary/aromatic N) is 1. The number of benzene rings is 1. The van der Waals surface area contributed by atoms with Crippen molar-refractivity contribution >= 4 is 5.91 Å². The molecule has 2 atom stereocenters. The largest absolute Gasteiger partial charge is 0.388 e. The Balaban J connectivity index is 1.87. The van der Waals surface area contributed by atoms with Gasteiger partial charge in [0.1, 0.15) is 12.4 Å². The molecule has 0 radical (unpaired) electrons. The Kier molecular flexibility index (Phi) is 5.65. The molecule has 1 aromatic carbocycles. The van der Waals surface area contributed by atoms with Crippen molar-refractivity contribution in [3.05, 3.63) is 70.4 Å². The number of hydrogen-bond donors (Lipinski definition) is 2. The Bertz CT molecular complexity index is 712. The quantitative estimate of drug-likeness (QED) is 0.850. The summed E-state index contributed by atoms with van der Waals surface area (Å²) in [4.78, 5) is 23.5. The maximum absolute atomic E-state index is 12.9. The highest BCUT2D eigenvalue weighted by atomic mass is 19.1. The van der Waals surface area contributed by atoms with E-state index in [4.69, 9.17) is 0 Å². The number of halogens is 1. The number of aromatic nitrogens is 1. The molecule has 1 heterocycles. The van der Waals surface area contributed by atoms with E-state index < -0.39 is 6.10 Å². The van der Waals surface area contributed by atoms with E-state index in [1.807, 2.05) is 0 Å². The van der Waals surface area contributed by atoms with Gasteiger partial charge in [0.25, 0.3) is 5.56 Å². The van der Waals surface area contributed by atoms with E-state index in [-0.39, 0.29) is 29.9 Å². The van der Waals surface area contributed by atoms with Gasteiger partial charge in [-0.05, 0) is 37.1 Å². The lowest BCUT2D eigenvalue weighted by Crippen LogP contribution is -2.37. The van der Waals surface area contributed by atoms with Gasteiger partial charge in [0, 0.05) is 18.3 Å². The SMILES string of the molecule is CC(CC(O)c1ccc(F)cc1)NC(=O)Cn1ccccc1=O. The van der Waals surface area contributed by atoms with E-state index in [0.29, 0.717) is 12.0 Å². The van der Waals surface area contributed by atoms with Crippen LogP contribution in [0.1, 0.15) is 25.0 Å². The van der Waals surface area contributed by atoms with Gasteiger partial charge in [-0.1, -0.05) is 18.2 Å². The van der Waals surface area contributed by atoms with Gasteiger partial charge in [-0.25, -0.2) is 4.39 Å². The summed E-state index contributed by atoms with van der Waals surface area (Å²) in [7, 11) is 0. The predicted molar refractivity (Wildman–Crippen MR) is 84.3 cm³/mol. The van der Waals surface area contributed by atoms with Crippen molar-refractivity contribution in [2.24, 2.45) is 0 Å². The molecule has 23 heavy (non-hydrogen) atoms. The number of aliphatic hydroxyl groups excluding tert-OH is 1. The fourth-order valence-electron chi connectivity index (χ4n) is 2.28. The summed E-state index contributed by atoms with van der Waals surface area (Å²) in [5, 5.41) is 12.8. The van der Waals surface area contributed by atoms with Crippen LogP contribution in [0.25, 0.3) is 0 Å². The minimum absolute atomic E-state index is 0.0728. The number of amides is 1. The highest BCUT2D eigenvalue weighted by Crippen LogP contribution is 2.18. The van der Waals surface area contributed by atoms with E-state index in [1.165, 1.54) is 34.9 Å². The van der Waals surface area contributed by atoms with Gasteiger partial charge in [-0.2, -0.15) is 0 Å². The zero-order chi connectivity index (χ0) is 16.8. The molecule has 2 N–H and O–H groups in total. The molecule has 2 aromatic rings. The number of carbonyl (C=O) groups excluding carboxylic acids is 1. The monoisotopic (exact) mass is 318 g/mol. The second-order valence-electron chi connectivity index (χ2n) is 5.44. The van der Waals surface area contributed by atoms with E-state index in [9.17, 15) is 19.1 Å². The number of rotatable bonds is 6. The molecule has 0 aliphatic rings. The summed E-state index contributed by atoms with van der Waals surface area (Å²) >= 11 is 0. The molecule has 0 aliphatic carbocycles. The minimum Gasteiger partial charge on any atom is -0.388 e. The molecule has 2 rings (SSSR count). The van der Waals surface area contributed by atoms with E-state index in [1.54, 1.807) is 25.3 Å². The summed E-state index contributed by atoms with van der Waals surface area (Å²) in [6.07, 6.45) is 1.03. The van der Waals surface area contributed by atoms with Crippen LogP contribution in [0.2, 0.25) is 0 Å². The van der Waals surface area contributed by atoms with Crippen LogP contribution < -0.4 is 10.9 Å². The average Bonchev–Trinajstić information content (AvgIpc) is 2.50. The Hall–Kier alpha value is -2.47. The third-order valence-corrected chi connectivity index (χ3v) is 3.45. The fourth-order valence-corrected chi connectivity index (χ4v) is 2.28. The smallest absolute Gasteiger partial charge is 0.250 e.